The number of benzene rings is 1. The summed E-state index contributed by atoms with van der Waals surface area (Å²) in [6.07, 6.45) is 2.62. The van der Waals surface area contributed by atoms with Crippen molar-refractivity contribution in [2.75, 3.05) is 0 Å². The Morgan fingerprint density at radius 1 is 1.42 bits per heavy atom. The second-order valence-electron chi connectivity index (χ2n) is 4.61. The van der Waals surface area contributed by atoms with Crippen LogP contribution >= 0.6 is 27.7 Å². The van der Waals surface area contributed by atoms with E-state index in [1.807, 2.05) is 0 Å². The smallest absolute Gasteiger partial charge is 0.281 e. The van der Waals surface area contributed by atoms with E-state index >= 15 is 0 Å². The lowest BCUT2D eigenvalue weighted by atomic mass is 10.2. The van der Waals surface area contributed by atoms with Crippen molar-refractivity contribution in [2.24, 2.45) is 0 Å². The van der Waals surface area contributed by atoms with Crippen LogP contribution in [0.2, 0.25) is 0 Å². The first kappa shape index (κ1) is 13.1. The van der Waals surface area contributed by atoms with Crippen LogP contribution in [0.4, 0.5) is 0 Å². The number of aryl methyl sites for hydroxylation is 1. The second-order valence-corrected chi connectivity index (χ2v) is 6.46. The minimum Gasteiger partial charge on any atom is -0.416 e. The SMILES string of the molecule is Cc1nnc(Sc2ccc(CNC3CC3)cc2Br)o1. The molecule has 3 rings (SSSR count). The fourth-order valence-corrected chi connectivity index (χ4v) is 3.09. The van der Waals surface area contributed by atoms with Crippen LogP contribution in [0.5, 0.6) is 0 Å². The van der Waals surface area contributed by atoms with E-state index in [0.717, 1.165) is 22.0 Å². The molecule has 1 saturated carbocycles. The summed E-state index contributed by atoms with van der Waals surface area (Å²) in [6.45, 7) is 2.71. The predicted molar refractivity (Wildman–Crippen MR) is 77.2 cm³/mol. The molecular weight excluding hydrogens is 326 g/mol. The van der Waals surface area contributed by atoms with Gasteiger partial charge in [0.2, 0.25) is 5.89 Å². The van der Waals surface area contributed by atoms with Crippen molar-refractivity contribution < 1.29 is 4.42 Å². The second kappa shape index (κ2) is 5.64. The molecule has 0 amide bonds. The van der Waals surface area contributed by atoms with Gasteiger partial charge in [-0.1, -0.05) is 6.07 Å². The third-order valence-corrected chi connectivity index (χ3v) is 4.71. The number of hydrogen-bond acceptors (Lipinski definition) is 5. The summed E-state index contributed by atoms with van der Waals surface area (Å²) in [5.74, 6) is 0.587. The quantitative estimate of drug-likeness (QED) is 0.902. The predicted octanol–water partition coefficient (Wildman–Crippen LogP) is 3.54. The Labute approximate surface area is 124 Å². The highest BCUT2D eigenvalue weighted by Crippen LogP contribution is 2.33. The van der Waals surface area contributed by atoms with Gasteiger partial charge in [0.25, 0.3) is 5.22 Å². The molecule has 0 bridgehead atoms. The van der Waals surface area contributed by atoms with Crippen molar-refractivity contribution in [3.05, 3.63) is 34.1 Å². The topological polar surface area (TPSA) is 51.0 Å². The maximum absolute atomic E-state index is 5.37. The largest absolute Gasteiger partial charge is 0.416 e. The number of halogens is 1. The van der Waals surface area contributed by atoms with Gasteiger partial charge in [-0.25, -0.2) is 0 Å². The minimum absolute atomic E-state index is 0.571. The number of hydrogen-bond donors (Lipinski definition) is 1. The van der Waals surface area contributed by atoms with Crippen LogP contribution in [-0.4, -0.2) is 16.2 Å². The van der Waals surface area contributed by atoms with E-state index in [0.29, 0.717) is 11.1 Å². The number of rotatable bonds is 5. The van der Waals surface area contributed by atoms with Crippen molar-refractivity contribution in [3.63, 3.8) is 0 Å². The summed E-state index contributed by atoms with van der Waals surface area (Å²) in [5.41, 5.74) is 1.28. The van der Waals surface area contributed by atoms with E-state index in [4.69, 9.17) is 4.42 Å². The number of aromatic nitrogens is 2. The summed E-state index contributed by atoms with van der Waals surface area (Å²) in [5, 5.41) is 11.9. The average Bonchev–Trinajstić information content (AvgIpc) is 3.13. The molecule has 0 radical (unpaired) electrons. The van der Waals surface area contributed by atoms with Crippen LogP contribution in [0.1, 0.15) is 24.3 Å². The average molecular weight is 340 g/mol. The van der Waals surface area contributed by atoms with E-state index in [9.17, 15) is 0 Å². The molecule has 100 valence electrons. The molecule has 6 heteroatoms. The van der Waals surface area contributed by atoms with E-state index in [2.05, 4.69) is 49.6 Å². The third-order valence-electron chi connectivity index (χ3n) is 2.87. The van der Waals surface area contributed by atoms with Gasteiger partial charge < -0.3 is 9.73 Å². The monoisotopic (exact) mass is 339 g/mol. The highest BCUT2D eigenvalue weighted by atomic mass is 79.9. The highest BCUT2D eigenvalue weighted by Gasteiger charge is 2.20. The zero-order valence-electron chi connectivity index (χ0n) is 10.5. The molecule has 0 atom stereocenters. The van der Waals surface area contributed by atoms with Crippen molar-refractivity contribution in [1.29, 1.82) is 0 Å². The summed E-state index contributed by atoms with van der Waals surface area (Å²) < 4.78 is 6.43. The first-order chi connectivity index (χ1) is 9.20. The van der Waals surface area contributed by atoms with Gasteiger partial charge in [0.15, 0.2) is 0 Å². The van der Waals surface area contributed by atoms with Gasteiger partial charge in [-0.15, -0.1) is 10.2 Å². The first-order valence-corrected chi connectivity index (χ1v) is 7.81. The maximum atomic E-state index is 5.37. The lowest BCUT2D eigenvalue weighted by Crippen LogP contribution is -2.15. The Bertz CT molecular complexity index is 583. The van der Waals surface area contributed by atoms with Crippen LogP contribution in [0.15, 0.2) is 37.2 Å². The van der Waals surface area contributed by atoms with Crippen molar-refractivity contribution >= 4 is 27.7 Å². The van der Waals surface area contributed by atoms with Crippen LogP contribution in [-0.2, 0) is 6.54 Å². The molecule has 0 aliphatic heterocycles. The molecule has 0 unspecified atom stereocenters. The summed E-state index contributed by atoms with van der Waals surface area (Å²) in [4.78, 5) is 1.08. The molecule has 0 spiro atoms. The molecule has 19 heavy (non-hydrogen) atoms. The molecule has 1 aliphatic rings. The van der Waals surface area contributed by atoms with Gasteiger partial charge >= 0.3 is 0 Å². The fraction of sp³-hybridized carbons (Fsp3) is 0.385. The van der Waals surface area contributed by atoms with Gasteiger partial charge in [-0.2, -0.15) is 0 Å². The molecule has 1 N–H and O–H groups in total. The van der Waals surface area contributed by atoms with Gasteiger partial charge in [0.05, 0.1) is 0 Å². The van der Waals surface area contributed by atoms with E-state index in [1.54, 1.807) is 6.92 Å². The molecule has 1 heterocycles. The Morgan fingerprint density at radius 3 is 2.89 bits per heavy atom. The summed E-state index contributed by atoms with van der Waals surface area (Å²) >= 11 is 5.07. The highest BCUT2D eigenvalue weighted by molar-refractivity contribution is 9.10. The fourth-order valence-electron chi connectivity index (χ4n) is 1.70. The minimum atomic E-state index is 0.571. The Morgan fingerprint density at radius 2 is 2.26 bits per heavy atom. The number of nitrogens with one attached hydrogen (secondary N) is 1. The van der Waals surface area contributed by atoms with E-state index in [1.165, 1.54) is 30.2 Å². The van der Waals surface area contributed by atoms with Gasteiger partial charge in [-0.05, 0) is 58.2 Å². The van der Waals surface area contributed by atoms with Crippen LogP contribution in [0, 0.1) is 6.92 Å². The third kappa shape index (κ3) is 3.58. The lowest BCUT2D eigenvalue weighted by Gasteiger charge is -2.06. The Kier molecular flexibility index (Phi) is 3.91. The van der Waals surface area contributed by atoms with Crippen molar-refractivity contribution in [1.82, 2.24) is 15.5 Å². The Balaban J connectivity index is 1.67. The van der Waals surface area contributed by atoms with Crippen LogP contribution in [0.25, 0.3) is 0 Å². The van der Waals surface area contributed by atoms with Gasteiger partial charge in [0.1, 0.15) is 0 Å². The molecule has 2 aromatic rings. The molecule has 1 aromatic carbocycles. The standard InChI is InChI=1S/C13H14BrN3OS/c1-8-16-17-13(18-8)19-12-5-2-9(6-11(12)14)7-15-10-3-4-10/h2,5-6,10,15H,3-4,7H2,1H3. The first-order valence-electron chi connectivity index (χ1n) is 6.20. The lowest BCUT2D eigenvalue weighted by molar-refractivity contribution is 0.429. The maximum Gasteiger partial charge on any atom is 0.281 e. The Hall–Kier alpha value is -0.850. The van der Waals surface area contributed by atoms with Crippen molar-refractivity contribution in [3.8, 4) is 0 Å². The van der Waals surface area contributed by atoms with Gasteiger partial charge in [0, 0.05) is 28.9 Å². The molecule has 1 aromatic heterocycles. The summed E-state index contributed by atoms with van der Waals surface area (Å²) in [7, 11) is 0. The molecular formula is C13H14BrN3OS. The van der Waals surface area contributed by atoms with Crippen LogP contribution in [0.3, 0.4) is 0 Å². The van der Waals surface area contributed by atoms with Gasteiger partial charge in [-0.3, -0.25) is 0 Å². The molecule has 1 aliphatic carbocycles. The molecule has 0 saturated heterocycles. The van der Waals surface area contributed by atoms with E-state index in [-0.39, 0.29) is 0 Å². The van der Waals surface area contributed by atoms with Crippen molar-refractivity contribution in [2.45, 2.75) is 42.5 Å². The van der Waals surface area contributed by atoms with Crippen LogP contribution < -0.4 is 5.32 Å². The number of nitrogens with zero attached hydrogens (tertiary/aromatic N) is 2. The molecule has 1 fully saturated rings. The zero-order chi connectivity index (χ0) is 13.2. The molecule has 4 nitrogen and oxygen atoms in total. The summed E-state index contributed by atoms with van der Waals surface area (Å²) in [6, 6.07) is 7.08. The normalized spacial score (nSPS) is 14.8. The van der Waals surface area contributed by atoms with E-state index < -0.39 is 0 Å². The zero-order valence-corrected chi connectivity index (χ0v) is 12.9.